The SMILES string of the molecule is SCC=Cc1c[nH]c2cc(Cl)ccc12. The molecular formula is C11H10ClNS. The quantitative estimate of drug-likeness (QED) is 0.722. The molecule has 2 aromatic rings. The van der Waals surface area contributed by atoms with Crippen LogP contribution in [0, 0.1) is 0 Å². The fraction of sp³-hybridized carbons (Fsp3) is 0.0909. The molecule has 0 atom stereocenters. The number of hydrogen-bond acceptors (Lipinski definition) is 1. The van der Waals surface area contributed by atoms with Crippen molar-refractivity contribution in [1.82, 2.24) is 4.98 Å². The van der Waals surface area contributed by atoms with E-state index in [9.17, 15) is 0 Å². The average molecular weight is 224 g/mol. The second-order valence-electron chi connectivity index (χ2n) is 3.02. The minimum absolute atomic E-state index is 0.750. The number of fused-ring (bicyclic) bond motifs is 1. The van der Waals surface area contributed by atoms with Crippen LogP contribution in [0.4, 0.5) is 0 Å². The lowest BCUT2D eigenvalue weighted by molar-refractivity contribution is 1.47. The van der Waals surface area contributed by atoms with Crippen molar-refractivity contribution in [2.24, 2.45) is 0 Å². The van der Waals surface area contributed by atoms with Crippen molar-refractivity contribution in [1.29, 1.82) is 0 Å². The molecule has 0 radical (unpaired) electrons. The minimum Gasteiger partial charge on any atom is -0.361 e. The van der Waals surface area contributed by atoms with Crippen molar-refractivity contribution in [3.8, 4) is 0 Å². The molecule has 1 nitrogen and oxygen atoms in total. The summed E-state index contributed by atoms with van der Waals surface area (Å²) in [6.07, 6.45) is 6.04. The maximum absolute atomic E-state index is 5.88. The molecule has 0 unspecified atom stereocenters. The first-order chi connectivity index (χ1) is 6.81. The van der Waals surface area contributed by atoms with Crippen LogP contribution in [0.15, 0.2) is 30.5 Å². The summed E-state index contributed by atoms with van der Waals surface area (Å²) < 4.78 is 0. The molecule has 0 bridgehead atoms. The molecule has 0 saturated heterocycles. The van der Waals surface area contributed by atoms with Gasteiger partial charge < -0.3 is 4.98 Å². The normalized spacial score (nSPS) is 11.6. The first-order valence-corrected chi connectivity index (χ1v) is 5.36. The van der Waals surface area contributed by atoms with Crippen molar-refractivity contribution in [3.63, 3.8) is 0 Å². The number of rotatable bonds is 2. The van der Waals surface area contributed by atoms with E-state index in [1.54, 1.807) is 0 Å². The second-order valence-corrected chi connectivity index (χ2v) is 3.82. The van der Waals surface area contributed by atoms with Gasteiger partial charge in [-0.25, -0.2) is 0 Å². The lowest BCUT2D eigenvalue weighted by Gasteiger charge is -1.92. The molecule has 1 N–H and O–H groups in total. The molecule has 1 heterocycles. The Hall–Kier alpha value is -0.860. The summed E-state index contributed by atoms with van der Waals surface area (Å²) in [5.41, 5.74) is 2.24. The number of H-pyrrole nitrogens is 1. The van der Waals surface area contributed by atoms with Gasteiger partial charge in [-0.3, -0.25) is 0 Å². The van der Waals surface area contributed by atoms with Gasteiger partial charge in [0.25, 0.3) is 0 Å². The molecule has 0 amide bonds. The molecule has 3 heteroatoms. The van der Waals surface area contributed by atoms with E-state index >= 15 is 0 Å². The van der Waals surface area contributed by atoms with Gasteiger partial charge in [-0.2, -0.15) is 12.6 Å². The van der Waals surface area contributed by atoms with Gasteiger partial charge in [-0.15, -0.1) is 0 Å². The van der Waals surface area contributed by atoms with E-state index in [2.05, 4.69) is 23.7 Å². The third-order valence-electron chi connectivity index (χ3n) is 2.08. The zero-order chi connectivity index (χ0) is 9.97. The molecule has 72 valence electrons. The zero-order valence-electron chi connectivity index (χ0n) is 7.50. The molecule has 0 saturated carbocycles. The van der Waals surface area contributed by atoms with Crippen LogP contribution in [-0.2, 0) is 0 Å². The van der Waals surface area contributed by atoms with Crippen LogP contribution >= 0.6 is 24.2 Å². The van der Waals surface area contributed by atoms with Gasteiger partial charge in [0.1, 0.15) is 0 Å². The summed E-state index contributed by atoms with van der Waals surface area (Å²) >= 11 is 10.0. The van der Waals surface area contributed by atoms with Gasteiger partial charge in [-0.05, 0) is 17.7 Å². The van der Waals surface area contributed by atoms with E-state index in [1.165, 1.54) is 10.9 Å². The van der Waals surface area contributed by atoms with Crippen LogP contribution < -0.4 is 0 Å². The standard InChI is InChI=1S/C11H10ClNS/c12-9-3-4-10-8(2-1-5-14)7-13-11(10)6-9/h1-4,6-7,13-14H,5H2. The highest BCUT2D eigenvalue weighted by Gasteiger charge is 2.00. The number of thiol groups is 1. The summed E-state index contributed by atoms with van der Waals surface area (Å²) in [7, 11) is 0. The fourth-order valence-electron chi connectivity index (χ4n) is 1.44. The lowest BCUT2D eigenvalue weighted by atomic mass is 10.2. The molecule has 0 fully saturated rings. The van der Waals surface area contributed by atoms with Gasteiger partial charge >= 0.3 is 0 Å². The molecule has 0 spiro atoms. The molecule has 0 aliphatic heterocycles. The van der Waals surface area contributed by atoms with Crippen molar-refractivity contribution in [2.45, 2.75) is 0 Å². The predicted octanol–water partition coefficient (Wildman–Crippen LogP) is 3.76. The molecule has 2 rings (SSSR count). The number of halogens is 1. The van der Waals surface area contributed by atoms with E-state index in [0.717, 1.165) is 16.3 Å². The highest BCUT2D eigenvalue weighted by Crippen LogP contribution is 2.22. The van der Waals surface area contributed by atoms with E-state index in [4.69, 9.17) is 11.6 Å². The Balaban J connectivity index is 2.53. The van der Waals surface area contributed by atoms with Gasteiger partial charge in [-0.1, -0.05) is 29.8 Å². The van der Waals surface area contributed by atoms with E-state index in [1.807, 2.05) is 30.5 Å². The number of aromatic amines is 1. The lowest BCUT2D eigenvalue weighted by Crippen LogP contribution is -1.70. The Kier molecular flexibility index (Phi) is 2.85. The maximum Gasteiger partial charge on any atom is 0.0475 e. The molecular weight excluding hydrogens is 214 g/mol. The number of nitrogens with one attached hydrogen (secondary N) is 1. The second kappa shape index (κ2) is 4.11. The third-order valence-corrected chi connectivity index (χ3v) is 2.52. The highest BCUT2D eigenvalue weighted by atomic mass is 35.5. The largest absolute Gasteiger partial charge is 0.361 e. The van der Waals surface area contributed by atoms with Crippen LogP contribution in [0.5, 0.6) is 0 Å². The number of aromatic nitrogens is 1. The molecule has 14 heavy (non-hydrogen) atoms. The van der Waals surface area contributed by atoms with E-state index < -0.39 is 0 Å². The van der Waals surface area contributed by atoms with Crippen molar-refractivity contribution >= 4 is 41.2 Å². The summed E-state index contributed by atoms with van der Waals surface area (Å²) in [5.74, 6) is 0.750. The summed E-state index contributed by atoms with van der Waals surface area (Å²) in [4.78, 5) is 3.18. The van der Waals surface area contributed by atoms with E-state index in [0.29, 0.717) is 0 Å². The fourth-order valence-corrected chi connectivity index (χ4v) is 1.72. The summed E-state index contributed by atoms with van der Waals surface area (Å²) in [6.45, 7) is 0. The topological polar surface area (TPSA) is 15.8 Å². The Morgan fingerprint density at radius 2 is 2.29 bits per heavy atom. The smallest absolute Gasteiger partial charge is 0.0475 e. The van der Waals surface area contributed by atoms with Crippen molar-refractivity contribution in [3.05, 3.63) is 41.1 Å². The molecule has 0 aliphatic carbocycles. The summed E-state index contributed by atoms with van der Waals surface area (Å²) in [6, 6.07) is 5.84. The first-order valence-electron chi connectivity index (χ1n) is 4.35. The van der Waals surface area contributed by atoms with Gasteiger partial charge in [0.2, 0.25) is 0 Å². The van der Waals surface area contributed by atoms with Crippen molar-refractivity contribution in [2.75, 3.05) is 5.75 Å². The van der Waals surface area contributed by atoms with Crippen LogP contribution in [0.25, 0.3) is 17.0 Å². The molecule has 1 aromatic heterocycles. The third kappa shape index (κ3) is 1.81. The highest BCUT2D eigenvalue weighted by molar-refractivity contribution is 7.80. The van der Waals surface area contributed by atoms with Crippen LogP contribution in [0.3, 0.4) is 0 Å². The Bertz CT molecular complexity index is 473. The van der Waals surface area contributed by atoms with Crippen LogP contribution in [0.1, 0.15) is 5.56 Å². The van der Waals surface area contributed by atoms with Crippen molar-refractivity contribution < 1.29 is 0 Å². The van der Waals surface area contributed by atoms with Crippen LogP contribution in [-0.4, -0.2) is 10.7 Å². The van der Waals surface area contributed by atoms with Gasteiger partial charge in [0.05, 0.1) is 0 Å². The zero-order valence-corrected chi connectivity index (χ0v) is 9.15. The Labute approximate surface area is 93.2 Å². The van der Waals surface area contributed by atoms with Crippen LogP contribution in [0.2, 0.25) is 5.02 Å². The summed E-state index contributed by atoms with van der Waals surface area (Å²) in [5, 5.41) is 1.94. The van der Waals surface area contributed by atoms with Gasteiger partial charge in [0.15, 0.2) is 0 Å². The number of benzene rings is 1. The van der Waals surface area contributed by atoms with Gasteiger partial charge in [0, 0.05) is 27.9 Å². The maximum atomic E-state index is 5.88. The monoisotopic (exact) mass is 223 g/mol. The Morgan fingerprint density at radius 1 is 1.43 bits per heavy atom. The first kappa shape index (κ1) is 9.69. The number of hydrogen-bond donors (Lipinski definition) is 2. The Morgan fingerprint density at radius 3 is 3.07 bits per heavy atom. The molecule has 1 aromatic carbocycles. The molecule has 0 aliphatic rings. The van der Waals surface area contributed by atoms with E-state index in [-0.39, 0.29) is 0 Å². The average Bonchev–Trinajstić information content (AvgIpc) is 2.57. The minimum atomic E-state index is 0.750. The predicted molar refractivity (Wildman–Crippen MR) is 66.2 cm³/mol.